The average Bonchev–Trinajstić information content (AvgIpc) is 2.82. The lowest BCUT2D eigenvalue weighted by Gasteiger charge is -2.10. The molecule has 1 fully saturated rings. The third kappa shape index (κ3) is 4.87. The number of nitrogens with zero attached hydrogens (tertiary/aromatic N) is 1. The number of ether oxygens (including phenoxy) is 1. The topological polar surface area (TPSA) is 29.5 Å². The smallest absolute Gasteiger partial charge is 0.249 e. The molecule has 0 aliphatic carbocycles. The van der Waals surface area contributed by atoms with Gasteiger partial charge >= 0.3 is 0 Å². The number of amides is 1. The monoisotopic (exact) mass is 285 g/mol. The predicted octanol–water partition coefficient (Wildman–Crippen LogP) is 3.12. The first-order valence-corrected chi connectivity index (χ1v) is 7.41. The van der Waals surface area contributed by atoms with E-state index < -0.39 is 0 Å². The Hall–Kier alpha value is -1.87. The van der Waals surface area contributed by atoms with Gasteiger partial charge in [-0.05, 0) is 25.3 Å². The minimum absolute atomic E-state index is 0.178. The van der Waals surface area contributed by atoms with Crippen LogP contribution in [-0.2, 0) is 9.53 Å². The summed E-state index contributed by atoms with van der Waals surface area (Å²) in [5.41, 5.74) is 3.51. The van der Waals surface area contributed by atoms with Crippen LogP contribution in [0, 0.1) is 6.92 Å². The Kier molecular flexibility index (Phi) is 5.76. The largest absolute Gasteiger partial charge is 0.377 e. The molecule has 112 valence electrons. The lowest BCUT2D eigenvalue weighted by atomic mass is 10.1. The third-order valence-corrected chi connectivity index (χ3v) is 3.64. The lowest BCUT2D eigenvalue weighted by molar-refractivity contribution is -0.123. The van der Waals surface area contributed by atoms with Crippen LogP contribution in [-0.4, -0.2) is 37.6 Å². The van der Waals surface area contributed by atoms with Crippen LogP contribution in [0.2, 0.25) is 0 Å². The number of likely N-dealkylation sites (N-methyl/N-ethyl adjacent to an activating group) is 1. The molecule has 0 radical (unpaired) electrons. The van der Waals surface area contributed by atoms with Gasteiger partial charge in [0.1, 0.15) is 0 Å². The highest BCUT2D eigenvalue weighted by atomic mass is 16.5. The van der Waals surface area contributed by atoms with Crippen LogP contribution in [0.1, 0.15) is 18.4 Å². The van der Waals surface area contributed by atoms with Crippen LogP contribution in [0.5, 0.6) is 0 Å². The van der Waals surface area contributed by atoms with Crippen LogP contribution >= 0.6 is 0 Å². The summed E-state index contributed by atoms with van der Waals surface area (Å²) in [7, 11) is 1.85. The molecule has 3 heteroatoms. The minimum Gasteiger partial charge on any atom is -0.377 e. The SMILES string of the molecule is CN1CC/C(=C\C2=CCOCC2)C1=O.Cc1ccccc1. The molecule has 1 amide bonds. The highest BCUT2D eigenvalue weighted by Crippen LogP contribution is 2.19. The zero-order valence-electron chi connectivity index (χ0n) is 12.8. The molecular weight excluding hydrogens is 262 g/mol. The first-order valence-electron chi connectivity index (χ1n) is 7.41. The van der Waals surface area contributed by atoms with Crippen molar-refractivity contribution in [1.29, 1.82) is 0 Å². The molecule has 2 heterocycles. The summed E-state index contributed by atoms with van der Waals surface area (Å²) in [6.07, 6.45) is 5.91. The van der Waals surface area contributed by atoms with Gasteiger partial charge in [0, 0.05) is 19.2 Å². The number of rotatable bonds is 1. The molecule has 0 unspecified atom stereocenters. The molecule has 21 heavy (non-hydrogen) atoms. The van der Waals surface area contributed by atoms with E-state index in [1.807, 2.05) is 31.3 Å². The fourth-order valence-corrected chi connectivity index (χ4v) is 2.31. The minimum atomic E-state index is 0.178. The number of aryl methyl sites for hydroxylation is 1. The van der Waals surface area contributed by atoms with Gasteiger partial charge in [-0.3, -0.25) is 4.79 Å². The second-order valence-electron chi connectivity index (χ2n) is 5.40. The number of carbonyl (C=O) groups is 1. The molecule has 2 aliphatic rings. The van der Waals surface area contributed by atoms with Crippen LogP contribution in [0.4, 0.5) is 0 Å². The van der Waals surface area contributed by atoms with E-state index >= 15 is 0 Å². The van der Waals surface area contributed by atoms with Crippen molar-refractivity contribution in [2.75, 3.05) is 26.8 Å². The second kappa shape index (κ2) is 7.79. The van der Waals surface area contributed by atoms with E-state index in [0.29, 0.717) is 6.61 Å². The Balaban J connectivity index is 0.000000194. The van der Waals surface area contributed by atoms with Gasteiger partial charge in [-0.2, -0.15) is 0 Å². The van der Waals surface area contributed by atoms with E-state index in [-0.39, 0.29) is 5.91 Å². The summed E-state index contributed by atoms with van der Waals surface area (Å²) >= 11 is 0. The summed E-state index contributed by atoms with van der Waals surface area (Å²) in [6.45, 7) is 4.40. The quantitative estimate of drug-likeness (QED) is 0.742. The van der Waals surface area contributed by atoms with Crippen molar-refractivity contribution in [1.82, 2.24) is 4.90 Å². The zero-order valence-corrected chi connectivity index (χ0v) is 12.8. The van der Waals surface area contributed by atoms with E-state index in [1.54, 1.807) is 4.90 Å². The normalized spacial score (nSPS) is 20.1. The molecule has 0 atom stereocenters. The number of allylic oxidation sites excluding steroid dienone is 1. The average molecular weight is 285 g/mol. The number of likely N-dealkylation sites (tertiary alicyclic amines) is 1. The van der Waals surface area contributed by atoms with Gasteiger partial charge in [0.2, 0.25) is 5.91 Å². The van der Waals surface area contributed by atoms with Crippen LogP contribution < -0.4 is 0 Å². The highest BCUT2D eigenvalue weighted by molar-refractivity contribution is 5.95. The zero-order chi connectivity index (χ0) is 15.1. The van der Waals surface area contributed by atoms with Crippen LogP contribution in [0.3, 0.4) is 0 Å². The lowest BCUT2D eigenvalue weighted by Crippen LogP contribution is -2.19. The summed E-state index contributed by atoms with van der Waals surface area (Å²) in [4.78, 5) is 13.3. The van der Waals surface area contributed by atoms with Gasteiger partial charge in [0.15, 0.2) is 0 Å². The van der Waals surface area contributed by atoms with Crippen LogP contribution in [0.25, 0.3) is 0 Å². The number of carbonyl (C=O) groups excluding carboxylic acids is 1. The van der Waals surface area contributed by atoms with E-state index in [9.17, 15) is 4.79 Å². The van der Waals surface area contributed by atoms with E-state index in [1.165, 1.54) is 11.1 Å². The maximum Gasteiger partial charge on any atom is 0.249 e. The first-order chi connectivity index (χ1) is 10.2. The standard InChI is InChI=1S/C11H15NO2.C7H8/c1-12-5-2-10(11(12)13)8-9-3-6-14-7-4-9;1-7-5-3-2-4-6-7/h3,8H,2,4-7H2,1H3;2-6H,1H3/b10-8+;. The fraction of sp³-hybridized carbons (Fsp3) is 0.389. The Bertz CT molecular complexity index is 531. The molecule has 0 aromatic heterocycles. The summed E-state index contributed by atoms with van der Waals surface area (Å²) in [5, 5.41) is 0. The highest BCUT2D eigenvalue weighted by Gasteiger charge is 2.22. The maximum atomic E-state index is 11.6. The van der Waals surface area contributed by atoms with Crippen LogP contribution in [0.15, 0.2) is 53.6 Å². The molecular formula is C18H23NO2. The molecule has 0 N–H and O–H groups in total. The van der Waals surface area contributed by atoms with E-state index in [0.717, 1.165) is 31.6 Å². The van der Waals surface area contributed by atoms with E-state index in [4.69, 9.17) is 4.74 Å². The Morgan fingerprint density at radius 1 is 1.19 bits per heavy atom. The summed E-state index contributed by atoms with van der Waals surface area (Å²) in [5.74, 6) is 0.178. The summed E-state index contributed by atoms with van der Waals surface area (Å²) < 4.78 is 5.21. The molecule has 2 aliphatic heterocycles. The molecule has 0 saturated carbocycles. The molecule has 1 saturated heterocycles. The number of hydrogen-bond acceptors (Lipinski definition) is 2. The molecule has 1 aromatic carbocycles. The number of benzene rings is 1. The summed E-state index contributed by atoms with van der Waals surface area (Å²) in [6, 6.07) is 10.3. The van der Waals surface area contributed by atoms with E-state index in [2.05, 4.69) is 25.1 Å². The predicted molar refractivity (Wildman–Crippen MR) is 85.0 cm³/mol. The molecule has 3 nitrogen and oxygen atoms in total. The van der Waals surface area contributed by atoms with Gasteiger partial charge in [-0.25, -0.2) is 0 Å². The molecule has 3 rings (SSSR count). The Morgan fingerprint density at radius 2 is 1.95 bits per heavy atom. The molecule has 0 bridgehead atoms. The van der Waals surface area contributed by atoms with Gasteiger partial charge in [0.25, 0.3) is 0 Å². The Labute approximate surface area is 126 Å². The van der Waals surface area contributed by atoms with Gasteiger partial charge < -0.3 is 9.64 Å². The Morgan fingerprint density at radius 3 is 2.43 bits per heavy atom. The number of hydrogen-bond donors (Lipinski definition) is 0. The van der Waals surface area contributed by atoms with Gasteiger partial charge in [0.05, 0.1) is 13.2 Å². The van der Waals surface area contributed by atoms with Crippen molar-refractivity contribution in [3.8, 4) is 0 Å². The van der Waals surface area contributed by atoms with Crippen molar-refractivity contribution in [2.24, 2.45) is 0 Å². The van der Waals surface area contributed by atoms with Crippen molar-refractivity contribution in [3.63, 3.8) is 0 Å². The second-order valence-corrected chi connectivity index (χ2v) is 5.40. The van der Waals surface area contributed by atoms with Crippen molar-refractivity contribution in [2.45, 2.75) is 19.8 Å². The first kappa shape index (κ1) is 15.5. The fourth-order valence-electron chi connectivity index (χ4n) is 2.31. The van der Waals surface area contributed by atoms with Crippen molar-refractivity contribution >= 4 is 5.91 Å². The van der Waals surface area contributed by atoms with Gasteiger partial charge in [-0.15, -0.1) is 0 Å². The molecule has 1 aromatic rings. The van der Waals surface area contributed by atoms with Gasteiger partial charge in [-0.1, -0.05) is 48.0 Å². The van der Waals surface area contributed by atoms with Crippen molar-refractivity contribution in [3.05, 3.63) is 59.2 Å². The molecule has 0 spiro atoms. The maximum absolute atomic E-state index is 11.6. The van der Waals surface area contributed by atoms with Crippen molar-refractivity contribution < 1.29 is 9.53 Å². The third-order valence-electron chi connectivity index (χ3n) is 3.64.